The number of aliphatic hydroxyl groups is 1. The first-order valence-corrected chi connectivity index (χ1v) is 10.7. The van der Waals surface area contributed by atoms with Crippen LogP contribution in [0, 0.1) is 0 Å². The molecule has 30 heavy (non-hydrogen) atoms. The van der Waals surface area contributed by atoms with Crippen molar-refractivity contribution in [1.29, 1.82) is 0 Å². The maximum Gasteiger partial charge on any atom is 0.410 e. The molecule has 0 aromatic carbocycles. The number of rotatable bonds is 8. The van der Waals surface area contributed by atoms with Gasteiger partial charge >= 0.3 is 6.09 Å². The lowest BCUT2D eigenvalue weighted by molar-refractivity contribution is -0.0141. The molecule has 1 unspecified atom stereocenters. The van der Waals surface area contributed by atoms with Gasteiger partial charge in [0.1, 0.15) is 18.0 Å². The molecule has 1 atom stereocenters. The van der Waals surface area contributed by atoms with Crippen LogP contribution in [0.2, 0.25) is 0 Å². The molecule has 1 aliphatic heterocycles. The summed E-state index contributed by atoms with van der Waals surface area (Å²) >= 11 is 0. The Morgan fingerprint density at radius 2 is 2.07 bits per heavy atom. The largest absolute Gasteiger partial charge is 0.490 e. The molecule has 1 N–H and O–H groups in total. The molecule has 1 aliphatic rings. The summed E-state index contributed by atoms with van der Waals surface area (Å²) in [5.41, 5.74) is 2.47. The average Bonchev–Trinajstić information content (AvgIpc) is 2.66. The van der Waals surface area contributed by atoms with Crippen molar-refractivity contribution in [3.63, 3.8) is 0 Å². The van der Waals surface area contributed by atoms with Gasteiger partial charge in [0, 0.05) is 19.3 Å². The molecule has 1 saturated heterocycles. The molecule has 2 heterocycles. The summed E-state index contributed by atoms with van der Waals surface area (Å²) in [5, 5.41) is 8.92. The summed E-state index contributed by atoms with van der Waals surface area (Å²) in [6.45, 7) is 16.9. The van der Waals surface area contributed by atoms with Gasteiger partial charge in [0.05, 0.1) is 12.2 Å². The van der Waals surface area contributed by atoms with E-state index in [2.05, 4.69) is 11.6 Å². The minimum atomic E-state index is -0.499. The molecule has 0 bridgehead atoms. The molecule has 0 spiro atoms. The molecule has 0 saturated carbocycles. The van der Waals surface area contributed by atoms with E-state index in [9.17, 15) is 4.79 Å². The van der Waals surface area contributed by atoms with Crippen LogP contribution in [0.25, 0.3) is 5.57 Å². The molecular formula is C24H38N2O4. The van der Waals surface area contributed by atoms with Crippen LogP contribution in [0.15, 0.2) is 36.7 Å². The third-order valence-electron chi connectivity index (χ3n) is 4.46. The molecule has 6 heteroatoms. The third kappa shape index (κ3) is 8.57. The van der Waals surface area contributed by atoms with Crippen molar-refractivity contribution in [3.05, 3.63) is 42.3 Å². The van der Waals surface area contributed by atoms with Crippen LogP contribution in [0.4, 0.5) is 4.79 Å². The summed E-state index contributed by atoms with van der Waals surface area (Å²) < 4.78 is 11.3. The number of carbonyl (C=O) groups excluding carboxylic acids is 1. The SMILES string of the molecule is C=C(/C=C(\C)c1cncc(OCC2CCN2C(=O)OC(C)(C)C)c1)CCCO.CC. The number of allylic oxidation sites excluding steroid dienone is 3. The zero-order chi connectivity index (χ0) is 22.7. The third-order valence-corrected chi connectivity index (χ3v) is 4.46. The van der Waals surface area contributed by atoms with Crippen LogP contribution in [0.5, 0.6) is 5.75 Å². The lowest BCUT2D eigenvalue weighted by Crippen LogP contribution is -2.55. The molecule has 1 aromatic heterocycles. The van der Waals surface area contributed by atoms with Gasteiger partial charge in [-0.25, -0.2) is 4.79 Å². The number of carbonyl (C=O) groups is 1. The Labute approximate surface area is 181 Å². The lowest BCUT2D eigenvalue weighted by atomic mass is 10.0. The first kappa shape index (κ1) is 25.7. The smallest absolute Gasteiger partial charge is 0.410 e. The van der Waals surface area contributed by atoms with Gasteiger partial charge in [0.25, 0.3) is 0 Å². The zero-order valence-electron chi connectivity index (χ0n) is 19.4. The van der Waals surface area contributed by atoms with Crippen molar-refractivity contribution in [3.8, 4) is 5.75 Å². The number of aromatic nitrogens is 1. The Morgan fingerprint density at radius 1 is 1.37 bits per heavy atom. The summed E-state index contributed by atoms with van der Waals surface area (Å²) in [4.78, 5) is 18.2. The molecule has 2 rings (SSSR count). The van der Waals surface area contributed by atoms with Crippen LogP contribution in [0.1, 0.15) is 66.4 Å². The van der Waals surface area contributed by atoms with Gasteiger partial charge in [0.15, 0.2) is 0 Å². The van der Waals surface area contributed by atoms with Crippen molar-refractivity contribution in [1.82, 2.24) is 9.88 Å². The molecule has 1 aromatic rings. The first-order valence-electron chi connectivity index (χ1n) is 10.7. The van der Waals surface area contributed by atoms with E-state index in [4.69, 9.17) is 14.6 Å². The van der Waals surface area contributed by atoms with E-state index in [1.165, 1.54) is 0 Å². The highest BCUT2D eigenvalue weighted by Crippen LogP contribution is 2.24. The highest BCUT2D eigenvalue weighted by molar-refractivity contribution is 5.69. The van der Waals surface area contributed by atoms with E-state index in [1.54, 1.807) is 17.3 Å². The molecule has 168 valence electrons. The van der Waals surface area contributed by atoms with Crippen LogP contribution in [-0.4, -0.2) is 52.5 Å². The van der Waals surface area contributed by atoms with Gasteiger partial charge in [-0.1, -0.05) is 32.1 Å². The molecule has 1 fully saturated rings. The molecular weight excluding hydrogens is 380 g/mol. The second kappa shape index (κ2) is 12.4. The van der Waals surface area contributed by atoms with E-state index in [-0.39, 0.29) is 18.7 Å². The predicted octanol–water partition coefficient (Wildman–Crippen LogP) is 5.23. The molecule has 6 nitrogen and oxygen atoms in total. The topological polar surface area (TPSA) is 71.9 Å². The van der Waals surface area contributed by atoms with Crippen molar-refractivity contribution >= 4 is 11.7 Å². The first-order chi connectivity index (χ1) is 14.2. The average molecular weight is 419 g/mol. The fourth-order valence-electron chi connectivity index (χ4n) is 2.85. The summed E-state index contributed by atoms with van der Waals surface area (Å²) in [5.74, 6) is 0.669. The number of likely N-dealkylation sites (tertiary alicyclic amines) is 1. The number of hydrogen-bond donors (Lipinski definition) is 1. The Kier molecular flexibility index (Phi) is 10.6. The number of hydrogen-bond acceptors (Lipinski definition) is 5. The maximum absolute atomic E-state index is 12.2. The number of amides is 1. The van der Waals surface area contributed by atoms with Gasteiger partial charge in [-0.05, 0) is 64.2 Å². The minimum Gasteiger partial charge on any atom is -0.490 e. The number of nitrogens with zero attached hydrogens (tertiary/aromatic N) is 2. The normalized spacial score (nSPS) is 16.2. The minimum absolute atomic E-state index is 0.0217. The zero-order valence-corrected chi connectivity index (χ0v) is 19.4. The number of ether oxygens (including phenoxy) is 2. The monoisotopic (exact) mass is 418 g/mol. The van der Waals surface area contributed by atoms with E-state index >= 15 is 0 Å². The predicted molar refractivity (Wildman–Crippen MR) is 122 cm³/mol. The van der Waals surface area contributed by atoms with E-state index in [0.29, 0.717) is 25.3 Å². The van der Waals surface area contributed by atoms with E-state index in [0.717, 1.165) is 29.6 Å². The van der Waals surface area contributed by atoms with Crippen molar-refractivity contribution < 1.29 is 19.4 Å². The van der Waals surface area contributed by atoms with Crippen LogP contribution in [-0.2, 0) is 4.74 Å². The summed E-state index contributed by atoms with van der Waals surface area (Å²) in [6.07, 6.45) is 7.55. The van der Waals surface area contributed by atoms with Gasteiger partial charge in [-0.2, -0.15) is 0 Å². The van der Waals surface area contributed by atoms with Crippen LogP contribution < -0.4 is 4.74 Å². The second-order valence-corrected chi connectivity index (χ2v) is 8.15. The van der Waals surface area contributed by atoms with Gasteiger partial charge in [0.2, 0.25) is 0 Å². The summed E-state index contributed by atoms with van der Waals surface area (Å²) in [6, 6.07) is 1.96. The summed E-state index contributed by atoms with van der Waals surface area (Å²) in [7, 11) is 0. The van der Waals surface area contributed by atoms with Gasteiger partial charge in [-0.3, -0.25) is 4.98 Å². The quantitative estimate of drug-likeness (QED) is 0.586. The second-order valence-electron chi connectivity index (χ2n) is 8.15. The standard InChI is InChI=1S/C22H32N2O4.C2H6/c1-16(7-6-10-25)11-17(2)18-12-20(14-23-13-18)27-15-19-8-9-24(19)21(26)28-22(3,4)5;1-2/h11-14,19,25H,1,6-10,15H2,2-5H3;1-2H3/b17-11+;. The Morgan fingerprint density at radius 3 is 2.63 bits per heavy atom. The number of pyridine rings is 1. The van der Waals surface area contributed by atoms with Gasteiger partial charge < -0.3 is 19.5 Å². The molecule has 0 radical (unpaired) electrons. The van der Waals surface area contributed by atoms with Crippen molar-refractivity contribution in [2.75, 3.05) is 19.8 Å². The molecule has 0 aliphatic carbocycles. The highest BCUT2D eigenvalue weighted by atomic mass is 16.6. The Hall–Kier alpha value is -2.34. The fraction of sp³-hybridized carbons (Fsp3) is 0.583. The van der Waals surface area contributed by atoms with Crippen LogP contribution >= 0.6 is 0 Å². The van der Waals surface area contributed by atoms with E-state index < -0.39 is 5.60 Å². The number of aliphatic hydroxyl groups excluding tert-OH is 1. The Balaban J connectivity index is 0.00000218. The van der Waals surface area contributed by atoms with Crippen LogP contribution in [0.3, 0.4) is 0 Å². The highest BCUT2D eigenvalue weighted by Gasteiger charge is 2.35. The van der Waals surface area contributed by atoms with Crippen molar-refractivity contribution in [2.24, 2.45) is 0 Å². The van der Waals surface area contributed by atoms with Crippen molar-refractivity contribution in [2.45, 2.75) is 72.4 Å². The van der Waals surface area contributed by atoms with E-state index in [1.807, 2.05) is 53.7 Å². The fourth-order valence-corrected chi connectivity index (χ4v) is 2.85. The molecule has 1 amide bonds. The maximum atomic E-state index is 12.2. The van der Waals surface area contributed by atoms with Gasteiger partial charge in [-0.15, -0.1) is 0 Å². The Bertz CT molecular complexity index is 722. The lowest BCUT2D eigenvalue weighted by Gasteiger charge is -2.40.